The number of fused-ring (bicyclic) bond motifs is 1. The van der Waals surface area contributed by atoms with Gasteiger partial charge in [0.2, 0.25) is 0 Å². The SMILES string of the molecule is CCNCCNC(=O)c1oc2ccccc2c1CN(C)C. The first-order valence-corrected chi connectivity index (χ1v) is 7.27. The first kappa shape index (κ1) is 15.5. The van der Waals surface area contributed by atoms with E-state index >= 15 is 0 Å². The van der Waals surface area contributed by atoms with Crippen LogP contribution in [0.15, 0.2) is 28.7 Å². The molecule has 1 aromatic carbocycles. The van der Waals surface area contributed by atoms with Crippen molar-refractivity contribution in [1.29, 1.82) is 0 Å². The standard InChI is InChI=1S/C16H23N3O2/c1-4-17-9-10-18-16(20)15-13(11-19(2)3)12-7-5-6-8-14(12)21-15/h5-8,17H,4,9-11H2,1-3H3,(H,18,20). The largest absolute Gasteiger partial charge is 0.451 e. The number of amides is 1. The molecule has 0 atom stereocenters. The molecule has 0 radical (unpaired) electrons. The summed E-state index contributed by atoms with van der Waals surface area (Å²) in [6, 6.07) is 7.76. The summed E-state index contributed by atoms with van der Waals surface area (Å²) in [6.07, 6.45) is 0. The molecular formula is C16H23N3O2. The van der Waals surface area contributed by atoms with Crippen molar-refractivity contribution in [3.8, 4) is 0 Å². The third kappa shape index (κ3) is 3.83. The zero-order chi connectivity index (χ0) is 15.2. The first-order valence-electron chi connectivity index (χ1n) is 7.27. The predicted octanol–water partition coefficient (Wildman–Crippen LogP) is 1.83. The number of benzene rings is 1. The summed E-state index contributed by atoms with van der Waals surface area (Å²) in [6.45, 7) is 4.95. The monoisotopic (exact) mass is 289 g/mol. The van der Waals surface area contributed by atoms with Crippen LogP contribution in [-0.2, 0) is 6.54 Å². The van der Waals surface area contributed by atoms with Gasteiger partial charge in [0.1, 0.15) is 5.58 Å². The lowest BCUT2D eigenvalue weighted by Crippen LogP contribution is -2.32. The minimum absolute atomic E-state index is 0.152. The van der Waals surface area contributed by atoms with Crippen LogP contribution in [0.4, 0.5) is 0 Å². The zero-order valence-electron chi connectivity index (χ0n) is 12.9. The van der Waals surface area contributed by atoms with Crippen molar-refractivity contribution in [1.82, 2.24) is 15.5 Å². The van der Waals surface area contributed by atoms with Gasteiger partial charge in [0, 0.05) is 30.6 Å². The van der Waals surface area contributed by atoms with E-state index in [1.165, 1.54) is 0 Å². The van der Waals surface area contributed by atoms with Gasteiger partial charge in [-0.1, -0.05) is 25.1 Å². The molecule has 0 saturated heterocycles. The van der Waals surface area contributed by atoms with Gasteiger partial charge < -0.3 is 20.0 Å². The van der Waals surface area contributed by atoms with E-state index in [0.717, 1.165) is 29.6 Å². The number of carbonyl (C=O) groups excluding carboxylic acids is 1. The Morgan fingerprint density at radius 3 is 2.71 bits per heavy atom. The third-order valence-corrected chi connectivity index (χ3v) is 3.22. The van der Waals surface area contributed by atoms with Crippen LogP contribution in [0, 0.1) is 0 Å². The number of para-hydroxylation sites is 1. The van der Waals surface area contributed by atoms with Gasteiger partial charge in [-0.25, -0.2) is 0 Å². The summed E-state index contributed by atoms with van der Waals surface area (Å²) in [5.41, 5.74) is 1.70. The fraction of sp³-hybridized carbons (Fsp3) is 0.438. The van der Waals surface area contributed by atoms with Crippen LogP contribution < -0.4 is 10.6 Å². The summed E-state index contributed by atoms with van der Waals surface area (Å²) in [5.74, 6) is 0.266. The van der Waals surface area contributed by atoms with Crippen molar-refractivity contribution in [3.05, 3.63) is 35.6 Å². The molecule has 1 amide bonds. The molecule has 2 N–H and O–H groups in total. The summed E-state index contributed by atoms with van der Waals surface area (Å²) >= 11 is 0. The Balaban J connectivity index is 2.22. The number of nitrogens with one attached hydrogen (secondary N) is 2. The van der Waals surface area contributed by atoms with Crippen molar-refractivity contribution >= 4 is 16.9 Å². The van der Waals surface area contributed by atoms with Crippen LogP contribution >= 0.6 is 0 Å². The second-order valence-corrected chi connectivity index (χ2v) is 5.25. The fourth-order valence-electron chi connectivity index (χ4n) is 2.28. The molecule has 0 unspecified atom stereocenters. The molecule has 0 aliphatic rings. The lowest BCUT2D eigenvalue weighted by atomic mass is 10.1. The quantitative estimate of drug-likeness (QED) is 0.764. The van der Waals surface area contributed by atoms with Gasteiger partial charge in [-0.05, 0) is 26.7 Å². The van der Waals surface area contributed by atoms with E-state index in [9.17, 15) is 4.79 Å². The molecule has 114 valence electrons. The lowest BCUT2D eigenvalue weighted by Gasteiger charge is -2.10. The molecule has 21 heavy (non-hydrogen) atoms. The van der Waals surface area contributed by atoms with E-state index in [2.05, 4.69) is 10.6 Å². The number of nitrogens with zero attached hydrogens (tertiary/aromatic N) is 1. The van der Waals surface area contributed by atoms with Crippen LogP contribution in [-0.4, -0.2) is 44.5 Å². The minimum atomic E-state index is -0.152. The Bertz CT molecular complexity index is 605. The van der Waals surface area contributed by atoms with E-state index in [-0.39, 0.29) is 5.91 Å². The molecule has 0 aliphatic heterocycles. The van der Waals surface area contributed by atoms with Crippen LogP contribution in [0.3, 0.4) is 0 Å². The molecule has 0 aliphatic carbocycles. The Morgan fingerprint density at radius 1 is 1.24 bits per heavy atom. The summed E-state index contributed by atoms with van der Waals surface area (Å²) < 4.78 is 5.76. The molecule has 0 saturated carbocycles. The normalized spacial score (nSPS) is 11.2. The summed E-state index contributed by atoms with van der Waals surface area (Å²) in [5, 5.41) is 7.07. The fourth-order valence-corrected chi connectivity index (χ4v) is 2.28. The number of rotatable bonds is 7. The molecule has 2 aromatic rings. The minimum Gasteiger partial charge on any atom is -0.451 e. The Kier molecular flexibility index (Phi) is 5.36. The summed E-state index contributed by atoms with van der Waals surface area (Å²) in [7, 11) is 3.96. The molecular weight excluding hydrogens is 266 g/mol. The smallest absolute Gasteiger partial charge is 0.287 e. The highest BCUT2D eigenvalue weighted by molar-refractivity contribution is 5.99. The molecule has 5 heteroatoms. The molecule has 0 spiro atoms. The van der Waals surface area contributed by atoms with Crippen molar-refractivity contribution in [2.75, 3.05) is 33.7 Å². The number of likely N-dealkylation sites (N-methyl/N-ethyl adjacent to an activating group) is 1. The Labute approximate surface area is 125 Å². The van der Waals surface area contributed by atoms with Crippen molar-refractivity contribution in [2.24, 2.45) is 0 Å². The maximum atomic E-state index is 12.3. The van der Waals surface area contributed by atoms with E-state index in [4.69, 9.17) is 4.42 Å². The van der Waals surface area contributed by atoms with Gasteiger partial charge in [-0.3, -0.25) is 4.79 Å². The van der Waals surface area contributed by atoms with Crippen molar-refractivity contribution in [3.63, 3.8) is 0 Å². The second kappa shape index (κ2) is 7.24. The van der Waals surface area contributed by atoms with E-state index < -0.39 is 0 Å². The van der Waals surface area contributed by atoms with Crippen LogP contribution in [0.25, 0.3) is 11.0 Å². The number of furan rings is 1. The average Bonchev–Trinajstić information content (AvgIpc) is 2.82. The molecule has 0 fully saturated rings. The maximum Gasteiger partial charge on any atom is 0.287 e. The van der Waals surface area contributed by atoms with E-state index in [1.807, 2.05) is 50.2 Å². The average molecular weight is 289 g/mol. The van der Waals surface area contributed by atoms with Crippen LogP contribution in [0.5, 0.6) is 0 Å². The zero-order valence-corrected chi connectivity index (χ0v) is 12.9. The lowest BCUT2D eigenvalue weighted by molar-refractivity contribution is 0.0926. The van der Waals surface area contributed by atoms with Gasteiger partial charge in [-0.2, -0.15) is 0 Å². The van der Waals surface area contributed by atoms with Crippen LogP contribution in [0.2, 0.25) is 0 Å². The van der Waals surface area contributed by atoms with Gasteiger partial charge in [0.15, 0.2) is 5.76 Å². The van der Waals surface area contributed by atoms with E-state index in [1.54, 1.807) is 0 Å². The van der Waals surface area contributed by atoms with E-state index in [0.29, 0.717) is 18.8 Å². The molecule has 0 bridgehead atoms. The first-order chi connectivity index (χ1) is 10.1. The highest BCUT2D eigenvalue weighted by atomic mass is 16.3. The van der Waals surface area contributed by atoms with Crippen LogP contribution in [0.1, 0.15) is 23.0 Å². The molecule has 5 nitrogen and oxygen atoms in total. The molecule has 1 aromatic heterocycles. The highest BCUT2D eigenvalue weighted by Crippen LogP contribution is 2.26. The van der Waals surface area contributed by atoms with Crippen molar-refractivity contribution in [2.45, 2.75) is 13.5 Å². The third-order valence-electron chi connectivity index (χ3n) is 3.22. The topological polar surface area (TPSA) is 57.5 Å². The summed E-state index contributed by atoms with van der Waals surface area (Å²) in [4.78, 5) is 14.4. The second-order valence-electron chi connectivity index (χ2n) is 5.25. The predicted molar refractivity (Wildman–Crippen MR) is 84.5 cm³/mol. The Hall–Kier alpha value is -1.85. The van der Waals surface area contributed by atoms with Gasteiger partial charge in [-0.15, -0.1) is 0 Å². The van der Waals surface area contributed by atoms with Gasteiger partial charge >= 0.3 is 0 Å². The molecule has 1 heterocycles. The van der Waals surface area contributed by atoms with Gasteiger partial charge in [0.05, 0.1) is 0 Å². The Morgan fingerprint density at radius 2 is 2.00 bits per heavy atom. The maximum absolute atomic E-state index is 12.3. The van der Waals surface area contributed by atoms with Crippen molar-refractivity contribution < 1.29 is 9.21 Å². The van der Waals surface area contributed by atoms with Gasteiger partial charge in [0.25, 0.3) is 5.91 Å². The number of hydrogen-bond acceptors (Lipinski definition) is 4. The number of carbonyl (C=O) groups is 1. The molecule has 2 rings (SSSR count). The number of hydrogen-bond donors (Lipinski definition) is 2. The highest BCUT2D eigenvalue weighted by Gasteiger charge is 2.20.